The molecule has 0 saturated carbocycles. The lowest BCUT2D eigenvalue weighted by Crippen LogP contribution is -1.92. The summed E-state index contributed by atoms with van der Waals surface area (Å²) in [5, 5.41) is 1.84. The maximum atomic E-state index is 10.7. The fraction of sp³-hybridized carbons (Fsp3) is 0.286. The van der Waals surface area contributed by atoms with Gasteiger partial charge < -0.3 is 5.73 Å². The minimum atomic E-state index is 0.107. The molecule has 1 aromatic rings. The van der Waals surface area contributed by atoms with E-state index in [4.69, 9.17) is 5.73 Å². The number of hydrogen-bond acceptors (Lipinski definition) is 3. The van der Waals surface area contributed by atoms with Gasteiger partial charge in [0.05, 0.1) is 0 Å². The number of thiophene rings is 1. The molecule has 0 aliphatic heterocycles. The summed E-state index contributed by atoms with van der Waals surface area (Å²) >= 11 is 1.53. The zero-order valence-electron chi connectivity index (χ0n) is 5.76. The average Bonchev–Trinajstić information content (AvgIpc) is 2.34. The van der Waals surface area contributed by atoms with Crippen molar-refractivity contribution < 1.29 is 4.79 Å². The number of carbonyl (C=O) groups excluding carboxylic acids is 1. The molecule has 0 bridgehead atoms. The molecule has 0 radical (unpaired) electrons. The molecule has 1 aromatic heterocycles. The standard InChI is InChI=1S/C7H9NOS/c1-5(9)6-2-7(3-8)10-4-6/h2,4H,3,8H2,1H3. The third-order valence-electron chi connectivity index (χ3n) is 1.26. The molecule has 2 nitrogen and oxygen atoms in total. The van der Waals surface area contributed by atoms with Gasteiger partial charge in [0.1, 0.15) is 0 Å². The van der Waals surface area contributed by atoms with Crippen molar-refractivity contribution in [3.8, 4) is 0 Å². The summed E-state index contributed by atoms with van der Waals surface area (Å²) in [7, 11) is 0. The first kappa shape index (κ1) is 7.44. The Bertz CT molecular complexity index is 242. The molecule has 0 saturated heterocycles. The highest BCUT2D eigenvalue weighted by Crippen LogP contribution is 2.13. The highest BCUT2D eigenvalue weighted by Gasteiger charge is 2.01. The van der Waals surface area contributed by atoms with Crippen molar-refractivity contribution in [3.05, 3.63) is 21.9 Å². The molecule has 3 heteroatoms. The minimum absolute atomic E-state index is 0.107. The first-order valence-electron chi connectivity index (χ1n) is 3.02. The zero-order chi connectivity index (χ0) is 7.56. The number of hydrogen-bond donors (Lipinski definition) is 1. The number of nitrogens with two attached hydrogens (primary N) is 1. The SMILES string of the molecule is CC(=O)c1csc(CN)c1. The third-order valence-corrected chi connectivity index (χ3v) is 2.22. The Labute approximate surface area is 63.7 Å². The summed E-state index contributed by atoms with van der Waals surface area (Å²) in [6.07, 6.45) is 0. The van der Waals surface area contributed by atoms with Gasteiger partial charge in [0.2, 0.25) is 0 Å². The molecule has 0 fully saturated rings. The van der Waals surface area contributed by atoms with E-state index in [1.807, 2.05) is 11.4 Å². The van der Waals surface area contributed by atoms with Crippen LogP contribution >= 0.6 is 11.3 Å². The lowest BCUT2D eigenvalue weighted by Gasteiger charge is -1.84. The van der Waals surface area contributed by atoms with Gasteiger partial charge in [-0.1, -0.05) is 0 Å². The molecule has 54 valence electrons. The topological polar surface area (TPSA) is 43.1 Å². The fourth-order valence-corrected chi connectivity index (χ4v) is 1.48. The Hall–Kier alpha value is -0.670. The molecule has 10 heavy (non-hydrogen) atoms. The lowest BCUT2D eigenvalue weighted by atomic mass is 10.2. The first-order chi connectivity index (χ1) is 4.74. The van der Waals surface area contributed by atoms with Crippen LogP contribution in [0.2, 0.25) is 0 Å². The van der Waals surface area contributed by atoms with Crippen molar-refractivity contribution in [2.45, 2.75) is 13.5 Å². The third kappa shape index (κ3) is 1.43. The van der Waals surface area contributed by atoms with Crippen molar-refractivity contribution in [1.82, 2.24) is 0 Å². The van der Waals surface area contributed by atoms with Crippen molar-refractivity contribution in [3.63, 3.8) is 0 Å². The van der Waals surface area contributed by atoms with Crippen LogP contribution in [0.25, 0.3) is 0 Å². The summed E-state index contributed by atoms with van der Waals surface area (Å²) in [6.45, 7) is 2.08. The second-order valence-corrected chi connectivity index (χ2v) is 3.06. The van der Waals surface area contributed by atoms with E-state index in [9.17, 15) is 4.79 Å². The predicted molar refractivity (Wildman–Crippen MR) is 42.2 cm³/mol. The van der Waals surface area contributed by atoms with E-state index in [1.165, 1.54) is 11.3 Å². The van der Waals surface area contributed by atoms with Crippen LogP contribution in [0, 0.1) is 0 Å². The van der Waals surface area contributed by atoms with Crippen molar-refractivity contribution in [1.29, 1.82) is 0 Å². The molecule has 0 aliphatic rings. The molecule has 0 spiro atoms. The summed E-state index contributed by atoms with van der Waals surface area (Å²) in [5.74, 6) is 0.107. The molecule has 0 aliphatic carbocycles. The number of rotatable bonds is 2. The van der Waals surface area contributed by atoms with E-state index >= 15 is 0 Å². The minimum Gasteiger partial charge on any atom is -0.326 e. The molecular formula is C7H9NOS. The van der Waals surface area contributed by atoms with Gasteiger partial charge in [0.25, 0.3) is 0 Å². The van der Waals surface area contributed by atoms with Crippen LogP contribution in [-0.2, 0) is 6.54 Å². The van der Waals surface area contributed by atoms with Gasteiger partial charge in [0.15, 0.2) is 5.78 Å². The Morgan fingerprint density at radius 1 is 1.80 bits per heavy atom. The summed E-state index contributed by atoms with van der Waals surface area (Å²) < 4.78 is 0. The maximum Gasteiger partial charge on any atom is 0.160 e. The number of ketones is 1. The Kier molecular flexibility index (Phi) is 2.19. The van der Waals surface area contributed by atoms with E-state index in [-0.39, 0.29) is 5.78 Å². The monoisotopic (exact) mass is 155 g/mol. The van der Waals surface area contributed by atoms with Gasteiger partial charge in [-0.2, -0.15) is 0 Å². The van der Waals surface area contributed by atoms with Crippen molar-refractivity contribution in [2.24, 2.45) is 5.73 Å². The van der Waals surface area contributed by atoms with E-state index in [0.29, 0.717) is 6.54 Å². The molecule has 0 unspecified atom stereocenters. The Morgan fingerprint density at radius 3 is 2.80 bits per heavy atom. The molecule has 0 aromatic carbocycles. The number of Topliss-reactive ketones (excluding diaryl/α,β-unsaturated/α-hetero) is 1. The quantitative estimate of drug-likeness (QED) is 0.656. The second kappa shape index (κ2) is 2.94. The largest absolute Gasteiger partial charge is 0.326 e. The smallest absolute Gasteiger partial charge is 0.160 e. The van der Waals surface area contributed by atoms with Gasteiger partial charge >= 0.3 is 0 Å². The van der Waals surface area contributed by atoms with Crippen LogP contribution in [0.3, 0.4) is 0 Å². The van der Waals surface area contributed by atoms with Crippen LogP contribution in [0.5, 0.6) is 0 Å². The van der Waals surface area contributed by atoms with E-state index in [1.54, 1.807) is 6.92 Å². The van der Waals surface area contributed by atoms with E-state index in [2.05, 4.69) is 0 Å². The fourth-order valence-electron chi connectivity index (χ4n) is 0.672. The van der Waals surface area contributed by atoms with Crippen LogP contribution in [-0.4, -0.2) is 5.78 Å². The van der Waals surface area contributed by atoms with Crippen LogP contribution in [0.1, 0.15) is 22.2 Å². The van der Waals surface area contributed by atoms with Crippen molar-refractivity contribution in [2.75, 3.05) is 0 Å². The van der Waals surface area contributed by atoms with Crippen LogP contribution in [0.4, 0.5) is 0 Å². The highest BCUT2D eigenvalue weighted by atomic mass is 32.1. The first-order valence-corrected chi connectivity index (χ1v) is 3.90. The molecule has 2 N–H and O–H groups in total. The highest BCUT2D eigenvalue weighted by molar-refractivity contribution is 7.10. The molecule has 0 amide bonds. The van der Waals surface area contributed by atoms with Gasteiger partial charge in [-0.15, -0.1) is 11.3 Å². The summed E-state index contributed by atoms with van der Waals surface area (Å²) in [5.41, 5.74) is 6.13. The Balaban J connectivity index is 2.88. The summed E-state index contributed by atoms with van der Waals surface area (Å²) in [6, 6.07) is 1.84. The second-order valence-electron chi connectivity index (χ2n) is 2.06. The normalized spacial score (nSPS) is 9.80. The van der Waals surface area contributed by atoms with E-state index in [0.717, 1.165) is 10.4 Å². The molecular weight excluding hydrogens is 146 g/mol. The maximum absolute atomic E-state index is 10.7. The van der Waals surface area contributed by atoms with Gasteiger partial charge in [-0.05, 0) is 13.0 Å². The lowest BCUT2D eigenvalue weighted by molar-refractivity contribution is 0.101. The van der Waals surface area contributed by atoms with Gasteiger partial charge in [-0.3, -0.25) is 4.79 Å². The Morgan fingerprint density at radius 2 is 2.50 bits per heavy atom. The summed E-state index contributed by atoms with van der Waals surface area (Å²) in [4.78, 5) is 11.8. The zero-order valence-corrected chi connectivity index (χ0v) is 6.57. The van der Waals surface area contributed by atoms with Crippen molar-refractivity contribution >= 4 is 17.1 Å². The van der Waals surface area contributed by atoms with Crippen LogP contribution in [0.15, 0.2) is 11.4 Å². The average molecular weight is 155 g/mol. The van der Waals surface area contributed by atoms with E-state index < -0.39 is 0 Å². The van der Waals surface area contributed by atoms with Crippen LogP contribution < -0.4 is 5.73 Å². The van der Waals surface area contributed by atoms with Gasteiger partial charge in [-0.25, -0.2) is 0 Å². The molecule has 0 atom stereocenters. The number of carbonyl (C=O) groups is 1. The van der Waals surface area contributed by atoms with Gasteiger partial charge in [0, 0.05) is 22.4 Å². The predicted octanol–water partition coefficient (Wildman–Crippen LogP) is 1.41. The molecule has 1 rings (SSSR count). The molecule has 1 heterocycles.